The highest BCUT2D eigenvalue weighted by Gasteiger charge is 2.23. The Labute approximate surface area is 68.3 Å². The second kappa shape index (κ2) is 4.03. The Bertz CT molecular complexity index is 123. The van der Waals surface area contributed by atoms with E-state index >= 15 is 0 Å². The maximum absolute atomic E-state index is 11.8. The van der Waals surface area contributed by atoms with Crippen molar-refractivity contribution in [3.63, 3.8) is 0 Å². The van der Waals surface area contributed by atoms with Crippen LogP contribution in [0.25, 0.3) is 0 Å². The first-order chi connectivity index (χ1) is 4.42. The number of hydrogen-bond acceptors (Lipinski definition) is 2. The van der Waals surface area contributed by atoms with Gasteiger partial charge in [0.25, 0.3) is 0 Å². The molecular weight excluding hydrogens is 182 g/mol. The van der Waals surface area contributed by atoms with Crippen LogP contribution in [0.2, 0.25) is 0 Å². The highest BCUT2D eigenvalue weighted by Crippen LogP contribution is 2.22. The minimum atomic E-state index is -3.18. The van der Waals surface area contributed by atoms with E-state index in [0.717, 1.165) is 0 Å². The zero-order valence-corrected chi connectivity index (χ0v) is 6.94. The van der Waals surface area contributed by atoms with Crippen LogP contribution in [0.5, 0.6) is 0 Å². The number of hydrogen-bond donors (Lipinski definition) is 0. The third-order valence-corrected chi connectivity index (χ3v) is 0.998. The fourth-order valence-electron chi connectivity index (χ4n) is 0.310. The summed E-state index contributed by atoms with van der Waals surface area (Å²) >= 11 is 9.03. The first-order valence-electron chi connectivity index (χ1n) is 2.62. The molecule has 0 aromatic rings. The van der Waals surface area contributed by atoms with Gasteiger partial charge >= 0.3 is 5.38 Å². The van der Waals surface area contributed by atoms with E-state index in [2.05, 4.69) is 28.6 Å². The molecule has 0 heterocycles. The quantitative estimate of drug-likeness (QED) is 0.497. The summed E-state index contributed by atoms with van der Waals surface area (Å²) in [6, 6.07) is 0. The standard InChI is InChI=1S/C5H7ClF2OS/c1-4(10)9-3-2-5(6,7)8/h2-3H2,1H3. The second-order valence-electron chi connectivity index (χ2n) is 1.71. The van der Waals surface area contributed by atoms with E-state index in [1.165, 1.54) is 6.92 Å². The molecule has 0 aliphatic carbocycles. The first-order valence-corrected chi connectivity index (χ1v) is 3.40. The lowest BCUT2D eigenvalue weighted by Crippen LogP contribution is -2.11. The Morgan fingerprint density at radius 3 is 2.50 bits per heavy atom. The van der Waals surface area contributed by atoms with Gasteiger partial charge in [-0.1, -0.05) is 0 Å². The Morgan fingerprint density at radius 1 is 1.70 bits per heavy atom. The van der Waals surface area contributed by atoms with Gasteiger partial charge in [0.2, 0.25) is 0 Å². The zero-order valence-electron chi connectivity index (χ0n) is 5.36. The Morgan fingerprint density at radius 2 is 2.20 bits per heavy atom. The van der Waals surface area contributed by atoms with Gasteiger partial charge in [-0.2, -0.15) is 8.78 Å². The third kappa shape index (κ3) is 8.04. The average Bonchev–Trinajstić information content (AvgIpc) is 1.59. The van der Waals surface area contributed by atoms with Crippen molar-refractivity contribution in [2.75, 3.05) is 6.61 Å². The molecule has 0 rings (SSSR count). The van der Waals surface area contributed by atoms with Crippen LogP contribution in [0.3, 0.4) is 0 Å². The molecule has 0 bridgehead atoms. The molecule has 0 aliphatic rings. The minimum Gasteiger partial charge on any atom is -0.487 e. The molecule has 0 fully saturated rings. The third-order valence-electron chi connectivity index (χ3n) is 0.691. The fraction of sp³-hybridized carbons (Fsp3) is 0.800. The Kier molecular flexibility index (Phi) is 4.05. The van der Waals surface area contributed by atoms with Crippen LogP contribution in [0.15, 0.2) is 0 Å². The van der Waals surface area contributed by atoms with Gasteiger partial charge in [0, 0.05) is 6.92 Å². The molecule has 0 amide bonds. The van der Waals surface area contributed by atoms with Crippen molar-refractivity contribution in [1.82, 2.24) is 0 Å². The summed E-state index contributed by atoms with van der Waals surface area (Å²) in [5.41, 5.74) is 0. The van der Waals surface area contributed by atoms with Gasteiger partial charge in [-0.15, -0.1) is 0 Å². The van der Waals surface area contributed by atoms with Crippen LogP contribution in [-0.4, -0.2) is 17.0 Å². The number of ether oxygens (including phenoxy) is 1. The van der Waals surface area contributed by atoms with E-state index in [0.29, 0.717) is 0 Å². The largest absolute Gasteiger partial charge is 0.487 e. The molecule has 5 heteroatoms. The zero-order chi connectivity index (χ0) is 8.20. The van der Waals surface area contributed by atoms with Gasteiger partial charge in [0.15, 0.2) is 5.05 Å². The maximum Gasteiger partial charge on any atom is 0.324 e. The molecule has 0 aliphatic heterocycles. The van der Waals surface area contributed by atoms with Crippen LogP contribution < -0.4 is 0 Å². The van der Waals surface area contributed by atoms with Gasteiger partial charge in [-0.25, -0.2) is 0 Å². The summed E-state index contributed by atoms with van der Waals surface area (Å²) < 4.78 is 28.2. The summed E-state index contributed by atoms with van der Waals surface area (Å²) in [5, 5.41) is -2.92. The van der Waals surface area contributed by atoms with E-state index in [-0.39, 0.29) is 11.7 Å². The molecule has 60 valence electrons. The van der Waals surface area contributed by atoms with Crippen LogP contribution in [0.1, 0.15) is 13.3 Å². The monoisotopic (exact) mass is 188 g/mol. The molecule has 0 atom stereocenters. The highest BCUT2D eigenvalue weighted by molar-refractivity contribution is 7.80. The topological polar surface area (TPSA) is 9.23 Å². The molecule has 0 radical (unpaired) electrons. The average molecular weight is 189 g/mol. The summed E-state index contributed by atoms with van der Waals surface area (Å²) in [5.74, 6) is 0. The lowest BCUT2D eigenvalue weighted by atomic mass is 10.5. The van der Waals surface area contributed by atoms with Gasteiger partial charge in [-0.05, 0) is 23.8 Å². The van der Waals surface area contributed by atoms with E-state index in [4.69, 9.17) is 0 Å². The smallest absolute Gasteiger partial charge is 0.324 e. The molecule has 0 aromatic carbocycles. The summed E-state index contributed by atoms with van der Waals surface area (Å²) in [6.07, 6.45) is -0.511. The molecule has 0 saturated heterocycles. The van der Waals surface area contributed by atoms with Crippen molar-refractivity contribution in [1.29, 1.82) is 0 Å². The Balaban J connectivity index is 3.29. The van der Waals surface area contributed by atoms with Crippen LogP contribution in [-0.2, 0) is 4.74 Å². The minimum absolute atomic E-state index is 0.133. The van der Waals surface area contributed by atoms with Crippen LogP contribution in [0, 0.1) is 0 Å². The predicted molar refractivity (Wildman–Crippen MR) is 39.6 cm³/mol. The van der Waals surface area contributed by atoms with Gasteiger partial charge in [0.1, 0.15) is 0 Å². The van der Waals surface area contributed by atoms with Crippen molar-refractivity contribution >= 4 is 28.9 Å². The van der Waals surface area contributed by atoms with Gasteiger partial charge in [0.05, 0.1) is 13.0 Å². The predicted octanol–water partition coefficient (Wildman–Crippen LogP) is 2.57. The molecule has 0 aromatic heterocycles. The SMILES string of the molecule is CC(=S)OCCC(F)(F)Cl. The van der Waals surface area contributed by atoms with Crippen molar-refractivity contribution in [3.05, 3.63) is 0 Å². The number of alkyl halides is 3. The van der Waals surface area contributed by atoms with Crippen molar-refractivity contribution in [3.8, 4) is 0 Å². The second-order valence-corrected chi connectivity index (χ2v) is 2.83. The van der Waals surface area contributed by atoms with E-state index < -0.39 is 11.8 Å². The van der Waals surface area contributed by atoms with Crippen LogP contribution in [0.4, 0.5) is 8.78 Å². The van der Waals surface area contributed by atoms with Gasteiger partial charge in [-0.3, -0.25) is 0 Å². The van der Waals surface area contributed by atoms with Crippen molar-refractivity contribution in [2.24, 2.45) is 0 Å². The van der Waals surface area contributed by atoms with Crippen molar-refractivity contribution in [2.45, 2.75) is 18.7 Å². The molecule has 0 saturated carbocycles. The number of rotatable bonds is 3. The molecule has 0 N–H and O–H groups in total. The first kappa shape index (κ1) is 10.0. The molecule has 0 spiro atoms. The lowest BCUT2D eigenvalue weighted by molar-refractivity contribution is 0.0668. The Hall–Kier alpha value is 0.0400. The summed E-state index contributed by atoms with van der Waals surface area (Å²) in [7, 11) is 0. The van der Waals surface area contributed by atoms with E-state index in [1.807, 2.05) is 0 Å². The lowest BCUT2D eigenvalue weighted by Gasteiger charge is -2.07. The highest BCUT2D eigenvalue weighted by atomic mass is 35.5. The molecular formula is C5H7ClF2OS. The molecule has 0 unspecified atom stereocenters. The van der Waals surface area contributed by atoms with Crippen molar-refractivity contribution < 1.29 is 13.5 Å². The van der Waals surface area contributed by atoms with E-state index in [1.54, 1.807) is 0 Å². The summed E-state index contributed by atoms with van der Waals surface area (Å²) in [6.45, 7) is 1.38. The summed E-state index contributed by atoms with van der Waals surface area (Å²) in [4.78, 5) is 0. The van der Waals surface area contributed by atoms with Gasteiger partial charge < -0.3 is 4.74 Å². The molecule has 1 nitrogen and oxygen atoms in total. The van der Waals surface area contributed by atoms with Crippen LogP contribution >= 0.6 is 23.8 Å². The maximum atomic E-state index is 11.8. The number of halogens is 3. The normalized spacial score (nSPS) is 11.2. The molecule has 10 heavy (non-hydrogen) atoms. The number of thiocarbonyl (C=S) groups is 1. The van der Waals surface area contributed by atoms with E-state index in [9.17, 15) is 8.78 Å². The fourth-order valence-corrected chi connectivity index (χ4v) is 0.471.